The maximum absolute atomic E-state index is 11.6. The molecule has 0 saturated heterocycles. The Hall–Kier alpha value is -0.570. The lowest BCUT2D eigenvalue weighted by Crippen LogP contribution is -2.45. The van der Waals surface area contributed by atoms with Crippen LogP contribution in [0.4, 0.5) is 0 Å². The topological polar surface area (TPSA) is 23.5 Å². The van der Waals surface area contributed by atoms with Crippen LogP contribution >= 0.6 is 11.6 Å². The summed E-state index contributed by atoms with van der Waals surface area (Å²) in [6, 6.07) is 7.80. The van der Waals surface area contributed by atoms with Crippen LogP contribution in [0.2, 0.25) is 5.02 Å². The van der Waals surface area contributed by atoms with Gasteiger partial charge in [-0.25, -0.2) is 0 Å². The second-order valence-electron chi connectivity index (χ2n) is 6.83. The average Bonchev–Trinajstić information content (AvgIpc) is 2.47. The summed E-state index contributed by atoms with van der Waals surface area (Å²) in [5, 5.41) is 12.4. The zero-order valence-corrected chi connectivity index (χ0v) is 14.2. The number of benzene rings is 1. The molecule has 1 aliphatic rings. The van der Waals surface area contributed by atoms with Gasteiger partial charge in [0, 0.05) is 17.5 Å². The molecule has 2 atom stereocenters. The van der Waals surface area contributed by atoms with Crippen LogP contribution in [0.25, 0.3) is 0 Å². The summed E-state index contributed by atoms with van der Waals surface area (Å²) < 4.78 is 0. The van der Waals surface area contributed by atoms with E-state index in [4.69, 9.17) is 11.6 Å². The lowest BCUT2D eigenvalue weighted by atomic mass is 9.67. The highest BCUT2D eigenvalue weighted by Gasteiger charge is 2.43. The predicted octanol–water partition coefficient (Wildman–Crippen LogP) is 4.31. The number of nitrogens with zero attached hydrogens (tertiary/aromatic N) is 1. The molecule has 1 aromatic rings. The van der Waals surface area contributed by atoms with Crippen LogP contribution in [0.1, 0.15) is 44.6 Å². The zero-order valence-electron chi connectivity index (χ0n) is 13.5. The second-order valence-corrected chi connectivity index (χ2v) is 7.27. The van der Waals surface area contributed by atoms with E-state index in [2.05, 4.69) is 25.9 Å². The molecule has 2 nitrogen and oxygen atoms in total. The Morgan fingerprint density at radius 2 is 1.76 bits per heavy atom. The zero-order chi connectivity index (χ0) is 15.5. The first-order chi connectivity index (χ1) is 9.94. The SMILES string of the molecule is C[C@@H](CN(C)C)[C@](O)(c1ccc(Cl)cc1)C1CCCCC1. The van der Waals surface area contributed by atoms with Gasteiger partial charge in [0.1, 0.15) is 0 Å². The third kappa shape index (κ3) is 3.80. The summed E-state index contributed by atoms with van der Waals surface area (Å²) in [6.45, 7) is 3.05. The van der Waals surface area contributed by atoms with E-state index < -0.39 is 5.60 Å². The van der Waals surface area contributed by atoms with Gasteiger partial charge in [-0.1, -0.05) is 49.9 Å². The molecule has 0 radical (unpaired) electrons. The average molecular weight is 310 g/mol. The Bertz CT molecular complexity index is 439. The Kier molecular flexibility index (Phi) is 5.70. The third-order valence-corrected chi connectivity index (χ3v) is 5.18. The normalized spacial score (nSPS) is 21.2. The summed E-state index contributed by atoms with van der Waals surface area (Å²) in [5.41, 5.74) is 0.267. The first kappa shape index (κ1) is 16.8. The Morgan fingerprint density at radius 1 is 1.19 bits per heavy atom. The van der Waals surface area contributed by atoms with Crippen molar-refractivity contribution in [3.63, 3.8) is 0 Å². The van der Waals surface area contributed by atoms with E-state index in [1.807, 2.05) is 24.3 Å². The number of aliphatic hydroxyl groups is 1. The molecule has 1 fully saturated rings. The number of rotatable bonds is 5. The van der Waals surface area contributed by atoms with Crippen LogP contribution < -0.4 is 0 Å². The Balaban J connectivity index is 2.34. The van der Waals surface area contributed by atoms with E-state index in [0.717, 1.165) is 30.0 Å². The molecule has 118 valence electrons. The second kappa shape index (κ2) is 7.13. The van der Waals surface area contributed by atoms with E-state index >= 15 is 0 Å². The fourth-order valence-electron chi connectivity index (χ4n) is 3.87. The van der Waals surface area contributed by atoms with E-state index in [-0.39, 0.29) is 5.92 Å². The highest BCUT2D eigenvalue weighted by Crippen LogP contribution is 2.44. The molecule has 1 aromatic carbocycles. The maximum atomic E-state index is 11.6. The van der Waals surface area contributed by atoms with Crippen molar-refractivity contribution < 1.29 is 5.11 Å². The van der Waals surface area contributed by atoms with Crippen LogP contribution in [0.15, 0.2) is 24.3 Å². The third-order valence-electron chi connectivity index (χ3n) is 4.92. The Morgan fingerprint density at radius 3 is 2.29 bits per heavy atom. The van der Waals surface area contributed by atoms with Crippen LogP contribution in [0.5, 0.6) is 0 Å². The lowest BCUT2D eigenvalue weighted by molar-refractivity contribution is -0.0883. The van der Waals surface area contributed by atoms with Crippen LogP contribution in [0, 0.1) is 11.8 Å². The minimum Gasteiger partial charge on any atom is -0.385 e. The van der Waals surface area contributed by atoms with E-state index in [1.54, 1.807) is 0 Å². The summed E-state index contributed by atoms with van der Waals surface area (Å²) in [6.07, 6.45) is 6.01. The van der Waals surface area contributed by atoms with Crippen molar-refractivity contribution in [3.8, 4) is 0 Å². The molecular formula is C18H28ClNO. The molecular weight excluding hydrogens is 282 g/mol. The van der Waals surface area contributed by atoms with Gasteiger partial charge in [0.05, 0.1) is 5.60 Å². The molecule has 0 aliphatic heterocycles. The van der Waals surface area contributed by atoms with Gasteiger partial charge in [0.25, 0.3) is 0 Å². The number of hydrogen-bond donors (Lipinski definition) is 1. The molecule has 0 spiro atoms. The van der Waals surface area contributed by atoms with Gasteiger partial charge < -0.3 is 10.0 Å². The van der Waals surface area contributed by atoms with Crippen molar-refractivity contribution in [2.45, 2.75) is 44.6 Å². The summed E-state index contributed by atoms with van der Waals surface area (Å²) >= 11 is 6.02. The maximum Gasteiger partial charge on any atom is 0.0962 e. The van der Waals surface area contributed by atoms with Crippen LogP contribution in [-0.4, -0.2) is 30.6 Å². The fraction of sp³-hybridized carbons (Fsp3) is 0.667. The van der Waals surface area contributed by atoms with Crippen molar-refractivity contribution in [1.29, 1.82) is 0 Å². The van der Waals surface area contributed by atoms with E-state index in [0.29, 0.717) is 5.92 Å². The first-order valence-corrected chi connectivity index (χ1v) is 8.45. The van der Waals surface area contributed by atoms with Crippen molar-refractivity contribution in [3.05, 3.63) is 34.9 Å². The highest BCUT2D eigenvalue weighted by molar-refractivity contribution is 6.30. The number of halogens is 1. The van der Waals surface area contributed by atoms with Crippen LogP contribution in [0.3, 0.4) is 0 Å². The van der Waals surface area contributed by atoms with Gasteiger partial charge in [-0.15, -0.1) is 0 Å². The van der Waals surface area contributed by atoms with Crippen molar-refractivity contribution in [2.24, 2.45) is 11.8 Å². The lowest BCUT2D eigenvalue weighted by Gasteiger charge is -2.44. The molecule has 21 heavy (non-hydrogen) atoms. The van der Waals surface area contributed by atoms with Crippen molar-refractivity contribution >= 4 is 11.6 Å². The van der Waals surface area contributed by atoms with Crippen LogP contribution in [-0.2, 0) is 5.60 Å². The fourth-order valence-corrected chi connectivity index (χ4v) is 4.00. The predicted molar refractivity (Wildman–Crippen MR) is 89.6 cm³/mol. The smallest absolute Gasteiger partial charge is 0.0962 e. The molecule has 0 aromatic heterocycles. The summed E-state index contributed by atoms with van der Waals surface area (Å²) in [5.74, 6) is 0.541. The summed E-state index contributed by atoms with van der Waals surface area (Å²) in [4.78, 5) is 2.16. The first-order valence-electron chi connectivity index (χ1n) is 8.07. The van der Waals surface area contributed by atoms with Gasteiger partial charge in [0.2, 0.25) is 0 Å². The molecule has 0 heterocycles. The quantitative estimate of drug-likeness (QED) is 0.876. The molecule has 0 unspecified atom stereocenters. The van der Waals surface area contributed by atoms with E-state index in [9.17, 15) is 5.11 Å². The minimum absolute atomic E-state index is 0.191. The van der Waals surface area contributed by atoms with Crippen molar-refractivity contribution in [2.75, 3.05) is 20.6 Å². The molecule has 1 N–H and O–H groups in total. The van der Waals surface area contributed by atoms with Gasteiger partial charge in [-0.3, -0.25) is 0 Å². The Labute approximate surface area is 134 Å². The summed E-state index contributed by atoms with van der Waals surface area (Å²) in [7, 11) is 4.14. The highest BCUT2D eigenvalue weighted by atomic mass is 35.5. The molecule has 3 heteroatoms. The minimum atomic E-state index is -0.755. The molecule has 0 amide bonds. The largest absolute Gasteiger partial charge is 0.385 e. The standard InChI is InChI=1S/C18H28ClNO/c1-14(13-20(2)3)18(21,15-7-5-4-6-8-15)16-9-11-17(19)12-10-16/h9-12,14-15,21H,4-8,13H2,1-3H3/t14-,18+/m0/s1. The molecule has 0 bridgehead atoms. The van der Waals surface area contributed by atoms with Gasteiger partial charge >= 0.3 is 0 Å². The number of hydrogen-bond acceptors (Lipinski definition) is 2. The van der Waals surface area contributed by atoms with E-state index in [1.165, 1.54) is 19.3 Å². The van der Waals surface area contributed by atoms with Crippen molar-refractivity contribution in [1.82, 2.24) is 4.90 Å². The monoisotopic (exact) mass is 309 g/mol. The van der Waals surface area contributed by atoms with Gasteiger partial charge in [-0.05, 0) is 50.6 Å². The molecule has 1 aliphatic carbocycles. The van der Waals surface area contributed by atoms with Gasteiger partial charge in [-0.2, -0.15) is 0 Å². The molecule has 1 saturated carbocycles. The van der Waals surface area contributed by atoms with Gasteiger partial charge in [0.15, 0.2) is 0 Å². The molecule has 2 rings (SSSR count).